The highest BCUT2D eigenvalue weighted by Crippen LogP contribution is 2.05. The van der Waals surface area contributed by atoms with Gasteiger partial charge in [-0.05, 0) is 17.7 Å². The molecule has 1 aromatic rings. The van der Waals surface area contributed by atoms with E-state index < -0.39 is 11.9 Å². The second-order valence-electron chi connectivity index (χ2n) is 3.67. The number of primary amides is 1. The first-order chi connectivity index (χ1) is 8.51. The maximum Gasteiger partial charge on any atom is 0.317 e. The second-order valence-corrected chi connectivity index (χ2v) is 3.67. The summed E-state index contributed by atoms with van der Waals surface area (Å²) < 4.78 is 0. The predicted molar refractivity (Wildman–Crippen MR) is 61.1 cm³/mol. The van der Waals surface area contributed by atoms with Crippen LogP contribution >= 0.6 is 0 Å². The number of aliphatic carboxylic acids is 1. The maximum absolute atomic E-state index is 10.8. The predicted octanol–water partition coefficient (Wildman–Crippen LogP) is -0.675. The number of carboxylic acid groups (broad SMARTS) is 1. The molecule has 0 fully saturated rings. The van der Waals surface area contributed by atoms with Crippen molar-refractivity contribution in [2.24, 2.45) is 5.73 Å². The number of carboxylic acids is 1. The number of nitriles is 1. The number of nitrogens with two attached hydrogens (primary N) is 1. The van der Waals surface area contributed by atoms with Gasteiger partial charge < -0.3 is 10.8 Å². The van der Waals surface area contributed by atoms with Crippen LogP contribution in [0, 0.1) is 11.3 Å². The van der Waals surface area contributed by atoms with Gasteiger partial charge >= 0.3 is 5.97 Å². The van der Waals surface area contributed by atoms with Crippen molar-refractivity contribution < 1.29 is 14.7 Å². The number of aromatic nitrogens is 1. The molecule has 1 aromatic heterocycles. The molecule has 0 aliphatic carbocycles. The fourth-order valence-electron chi connectivity index (χ4n) is 1.47. The fourth-order valence-corrected chi connectivity index (χ4v) is 1.47. The zero-order valence-electron chi connectivity index (χ0n) is 9.54. The van der Waals surface area contributed by atoms with E-state index in [9.17, 15) is 9.59 Å². The van der Waals surface area contributed by atoms with Crippen molar-refractivity contribution in [1.29, 1.82) is 5.26 Å². The van der Waals surface area contributed by atoms with Crippen molar-refractivity contribution in [3.05, 3.63) is 29.6 Å². The Kier molecular flexibility index (Phi) is 4.78. The molecule has 7 heteroatoms. The summed E-state index contributed by atoms with van der Waals surface area (Å²) in [5.41, 5.74) is 5.98. The molecule has 7 nitrogen and oxygen atoms in total. The van der Waals surface area contributed by atoms with Gasteiger partial charge in [-0.15, -0.1) is 0 Å². The van der Waals surface area contributed by atoms with Gasteiger partial charge in [-0.25, -0.2) is 4.98 Å². The summed E-state index contributed by atoms with van der Waals surface area (Å²) in [6, 6.07) is 5.07. The van der Waals surface area contributed by atoms with Crippen molar-refractivity contribution in [2.75, 3.05) is 13.1 Å². The van der Waals surface area contributed by atoms with Crippen LogP contribution in [0.5, 0.6) is 0 Å². The van der Waals surface area contributed by atoms with Gasteiger partial charge in [-0.1, -0.05) is 0 Å². The molecule has 18 heavy (non-hydrogen) atoms. The Morgan fingerprint density at radius 1 is 1.50 bits per heavy atom. The minimum atomic E-state index is -1.05. The number of hydrogen-bond acceptors (Lipinski definition) is 5. The van der Waals surface area contributed by atoms with Gasteiger partial charge in [0.05, 0.1) is 13.1 Å². The van der Waals surface area contributed by atoms with E-state index in [-0.39, 0.29) is 25.3 Å². The standard InChI is InChI=1S/C11H12N4O3/c12-4-9-3-8(1-2-14-9)5-15(6-10(13)16)7-11(17)18/h1-3H,5-7H2,(H2,13,16)(H,17,18). The van der Waals surface area contributed by atoms with Crippen LogP contribution in [0.15, 0.2) is 18.3 Å². The molecule has 94 valence electrons. The second kappa shape index (κ2) is 6.32. The molecule has 0 spiro atoms. The lowest BCUT2D eigenvalue weighted by atomic mass is 10.2. The Morgan fingerprint density at radius 2 is 2.22 bits per heavy atom. The summed E-state index contributed by atoms with van der Waals surface area (Å²) in [4.78, 5) is 26.6. The first-order valence-electron chi connectivity index (χ1n) is 5.08. The molecule has 0 aliphatic rings. The number of pyridine rings is 1. The van der Waals surface area contributed by atoms with Gasteiger partial charge in [-0.3, -0.25) is 14.5 Å². The van der Waals surface area contributed by atoms with Crippen LogP contribution in [-0.4, -0.2) is 40.0 Å². The third-order valence-electron chi connectivity index (χ3n) is 2.08. The number of rotatable bonds is 6. The summed E-state index contributed by atoms with van der Waals surface area (Å²) in [5, 5.41) is 17.4. The van der Waals surface area contributed by atoms with E-state index in [1.807, 2.05) is 6.07 Å². The molecule has 0 aliphatic heterocycles. The molecule has 1 heterocycles. The highest BCUT2D eigenvalue weighted by atomic mass is 16.4. The largest absolute Gasteiger partial charge is 0.480 e. The van der Waals surface area contributed by atoms with Gasteiger partial charge in [-0.2, -0.15) is 5.26 Å². The van der Waals surface area contributed by atoms with Gasteiger partial charge in [0.2, 0.25) is 5.91 Å². The van der Waals surface area contributed by atoms with E-state index in [2.05, 4.69) is 4.98 Å². The highest BCUT2D eigenvalue weighted by molar-refractivity contribution is 5.77. The smallest absolute Gasteiger partial charge is 0.317 e. The molecule has 0 saturated carbocycles. The average Bonchev–Trinajstić information content (AvgIpc) is 2.27. The number of amides is 1. The lowest BCUT2D eigenvalue weighted by Gasteiger charge is -2.18. The topological polar surface area (TPSA) is 120 Å². The summed E-state index contributed by atoms with van der Waals surface area (Å²) in [7, 11) is 0. The molecule has 0 bridgehead atoms. The zero-order chi connectivity index (χ0) is 13.5. The molecule has 1 amide bonds. The molecular formula is C11H12N4O3. The molecule has 0 atom stereocenters. The van der Waals surface area contributed by atoms with Crippen LogP contribution in [0.25, 0.3) is 0 Å². The van der Waals surface area contributed by atoms with Gasteiger partial charge in [0.15, 0.2) is 0 Å². The lowest BCUT2D eigenvalue weighted by Crippen LogP contribution is -2.36. The van der Waals surface area contributed by atoms with Gasteiger partial charge in [0, 0.05) is 12.7 Å². The van der Waals surface area contributed by atoms with Crippen molar-refractivity contribution in [1.82, 2.24) is 9.88 Å². The Morgan fingerprint density at radius 3 is 2.78 bits per heavy atom. The molecular weight excluding hydrogens is 236 g/mol. The number of carbonyl (C=O) groups excluding carboxylic acids is 1. The SMILES string of the molecule is N#Cc1cc(CN(CC(N)=O)CC(=O)O)ccn1. The van der Waals surface area contributed by atoms with Crippen LogP contribution < -0.4 is 5.73 Å². The molecule has 0 unspecified atom stereocenters. The van der Waals surface area contributed by atoms with Crippen molar-refractivity contribution in [3.8, 4) is 6.07 Å². The van der Waals surface area contributed by atoms with Crippen LogP contribution in [0.4, 0.5) is 0 Å². The number of nitrogens with zero attached hydrogens (tertiary/aromatic N) is 3. The number of carbonyl (C=O) groups is 2. The summed E-state index contributed by atoms with van der Waals surface area (Å²) in [6.45, 7) is -0.240. The van der Waals surface area contributed by atoms with Crippen LogP contribution in [0.2, 0.25) is 0 Å². The summed E-state index contributed by atoms with van der Waals surface area (Å²) >= 11 is 0. The molecule has 3 N–H and O–H groups in total. The molecule has 0 aromatic carbocycles. The van der Waals surface area contributed by atoms with Gasteiger partial charge in [0.25, 0.3) is 0 Å². The minimum absolute atomic E-state index is 0.156. The van der Waals surface area contributed by atoms with E-state index in [0.29, 0.717) is 5.56 Å². The van der Waals surface area contributed by atoms with Crippen molar-refractivity contribution in [3.63, 3.8) is 0 Å². The Balaban J connectivity index is 2.78. The first kappa shape index (κ1) is 13.6. The molecule has 1 rings (SSSR count). The van der Waals surface area contributed by atoms with E-state index in [0.717, 1.165) is 0 Å². The highest BCUT2D eigenvalue weighted by Gasteiger charge is 2.13. The monoisotopic (exact) mass is 248 g/mol. The van der Waals surface area contributed by atoms with Gasteiger partial charge in [0.1, 0.15) is 11.8 Å². The van der Waals surface area contributed by atoms with E-state index in [1.54, 1.807) is 6.07 Å². The van der Waals surface area contributed by atoms with Crippen LogP contribution in [0.1, 0.15) is 11.3 Å². The average molecular weight is 248 g/mol. The van der Waals surface area contributed by atoms with Crippen molar-refractivity contribution in [2.45, 2.75) is 6.54 Å². The van der Waals surface area contributed by atoms with E-state index in [1.165, 1.54) is 17.2 Å². The summed E-state index contributed by atoms with van der Waals surface area (Å²) in [5.74, 6) is -1.66. The third-order valence-corrected chi connectivity index (χ3v) is 2.08. The molecule has 0 saturated heterocycles. The fraction of sp³-hybridized carbons (Fsp3) is 0.273. The van der Waals surface area contributed by atoms with E-state index >= 15 is 0 Å². The normalized spacial score (nSPS) is 10.0. The maximum atomic E-state index is 10.8. The van der Waals surface area contributed by atoms with Crippen LogP contribution in [-0.2, 0) is 16.1 Å². The van der Waals surface area contributed by atoms with Crippen molar-refractivity contribution >= 4 is 11.9 Å². The van der Waals surface area contributed by atoms with E-state index in [4.69, 9.17) is 16.1 Å². The molecule has 0 radical (unpaired) electrons. The Labute approximate surface area is 103 Å². The lowest BCUT2D eigenvalue weighted by molar-refractivity contribution is -0.138. The minimum Gasteiger partial charge on any atom is -0.480 e. The zero-order valence-corrected chi connectivity index (χ0v) is 9.54. The van der Waals surface area contributed by atoms with Crippen LogP contribution in [0.3, 0.4) is 0 Å². The Hall–Kier alpha value is -2.46. The first-order valence-corrected chi connectivity index (χ1v) is 5.08. The summed E-state index contributed by atoms with van der Waals surface area (Å²) in [6.07, 6.45) is 1.46. The number of hydrogen-bond donors (Lipinski definition) is 2. The Bertz CT molecular complexity index is 479. The quantitative estimate of drug-likeness (QED) is 0.688. The third kappa shape index (κ3) is 4.59.